The minimum absolute atomic E-state index is 0.208. The van der Waals surface area contributed by atoms with E-state index in [0.29, 0.717) is 5.69 Å². The number of rotatable bonds is 5. The number of alkyl halides is 3. The van der Waals surface area contributed by atoms with Crippen molar-refractivity contribution in [1.29, 1.82) is 0 Å². The van der Waals surface area contributed by atoms with Crippen LogP contribution in [0.15, 0.2) is 18.3 Å². The largest absolute Gasteiger partial charge is 0.401 e. The van der Waals surface area contributed by atoms with Crippen molar-refractivity contribution in [3.8, 4) is 0 Å². The van der Waals surface area contributed by atoms with E-state index in [0.717, 1.165) is 5.56 Å². The van der Waals surface area contributed by atoms with Gasteiger partial charge < -0.3 is 10.6 Å². The molecule has 1 amide bonds. The molecule has 0 saturated heterocycles. The molecule has 1 aromatic rings. The molecule has 0 saturated carbocycles. The molecule has 0 spiro atoms. The summed E-state index contributed by atoms with van der Waals surface area (Å²) in [5, 5.41) is 4.51. The highest BCUT2D eigenvalue weighted by Crippen LogP contribution is 2.11. The van der Waals surface area contributed by atoms with Gasteiger partial charge in [0.05, 0.1) is 25.3 Å². The first kappa shape index (κ1) is 14.4. The summed E-state index contributed by atoms with van der Waals surface area (Å²) < 4.78 is 35.4. The van der Waals surface area contributed by atoms with Crippen LogP contribution in [0.3, 0.4) is 0 Å². The van der Waals surface area contributed by atoms with Crippen molar-refractivity contribution in [3.05, 3.63) is 29.6 Å². The maximum Gasteiger partial charge on any atom is 0.401 e. The lowest BCUT2D eigenvalue weighted by Gasteiger charge is -2.09. The Kier molecular flexibility index (Phi) is 5.08. The number of aryl methyl sites for hydroxylation is 1. The van der Waals surface area contributed by atoms with Crippen LogP contribution in [-0.2, 0) is 11.3 Å². The van der Waals surface area contributed by atoms with Crippen LogP contribution in [0.4, 0.5) is 13.2 Å². The second-order valence-corrected chi connectivity index (χ2v) is 3.76. The van der Waals surface area contributed by atoms with Crippen molar-refractivity contribution in [2.45, 2.75) is 19.6 Å². The van der Waals surface area contributed by atoms with Gasteiger partial charge in [0.25, 0.3) is 0 Å². The average Bonchev–Trinajstić information content (AvgIpc) is 2.26. The van der Waals surface area contributed by atoms with Gasteiger partial charge in [0.2, 0.25) is 5.91 Å². The summed E-state index contributed by atoms with van der Waals surface area (Å²) in [5.41, 5.74) is 1.61. The van der Waals surface area contributed by atoms with Gasteiger partial charge in [0.15, 0.2) is 0 Å². The van der Waals surface area contributed by atoms with Crippen molar-refractivity contribution in [3.63, 3.8) is 0 Å². The fourth-order valence-corrected chi connectivity index (χ4v) is 1.27. The Bertz CT molecular complexity index is 407. The van der Waals surface area contributed by atoms with Crippen molar-refractivity contribution in [2.24, 2.45) is 0 Å². The predicted octanol–water partition coefficient (Wildman–Crippen LogP) is 1.16. The molecule has 18 heavy (non-hydrogen) atoms. The Morgan fingerprint density at radius 3 is 2.78 bits per heavy atom. The molecule has 0 bridgehead atoms. The SMILES string of the molecule is Cc1cccnc1CNC(=O)CNCC(F)(F)F. The minimum Gasteiger partial charge on any atom is -0.349 e. The smallest absolute Gasteiger partial charge is 0.349 e. The molecule has 2 N–H and O–H groups in total. The molecule has 0 aliphatic carbocycles. The molecule has 0 unspecified atom stereocenters. The van der Waals surface area contributed by atoms with Crippen molar-refractivity contribution >= 4 is 5.91 Å². The summed E-state index contributed by atoms with van der Waals surface area (Å²) >= 11 is 0. The van der Waals surface area contributed by atoms with E-state index in [1.54, 1.807) is 12.3 Å². The van der Waals surface area contributed by atoms with Gasteiger partial charge in [-0.05, 0) is 18.6 Å². The standard InChI is InChI=1S/C11H14F3N3O/c1-8-3-2-4-16-9(8)5-17-10(18)6-15-7-11(12,13)14/h2-4,15H,5-7H2,1H3,(H,17,18). The number of nitrogens with one attached hydrogen (secondary N) is 2. The molecule has 0 atom stereocenters. The maximum atomic E-state index is 11.8. The number of pyridine rings is 1. The fourth-order valence-electron chi connectivity index (χ4n) is 1.27. The molecular formula is C11H14F3N3O. The number of hydrogen-bond donors (Lipinski definition) is 2. The van der Waals surface area contributed by atoms with E-state index in [-0.39, 0.29) is 13.1 Å². The summed E-state index contributed by atoms with van der Waals surface area (Å²) in [7, 11) is 0. The first-order chi connectivity index (χ1) is 8.38. The van der Waals surface area contributed by atoms with Gasteiger partial charge in [-0.2, -0.15) is 13.2 Å². The third-order valence-corrected chi connectivity index (χ3v) is 2.18. The van der Waals surface area contributed by atoms with Crippen LogP contribution in [-0.4, -0.2) is 30.2 Å². The lowest BCUT2D eigenvalue weighted by atomic mass is 10.2. The normalized spacial score (nSPS) is 11.3. The first-order valence-corrected chi connectivity index (χ1v) is 5.33. The third kappa shape index (κ3) is 5.62. The number of carbonyl (C=O) groups is 1. The second kappa shape index (κ2) is 6.34. The van der Waals surface area contributed by atoms with E-state index < -0.39 is 18.6 Å². The molecule has 4 nitrogen and oxygen atoms in total. The quantitative estimate of drug-likeness (QED) is 0.836. The topological polar surface area (TPSA) is 54.0 Å². The summed E-state index contributed by atoms with van der Waals surface area (Å²) in [5.74, 6) is -0.496. The van der Waals surface area contributed by atoms with Crippen LogP contribution in [0.25, 0.3) is 0 Å². The number of amides is 1. The second-order valence-electron chi connectivity index (χ2n) is 3.76. The molecular weight excluding hydrogens is 247 g/mol. The number of hydrogen-bond acceptors (Lipinski definition) is 3. The monoisotopic (exact) mass is 261 g/mol. The van der Waals surface area contributed by atoms with E-state index in [4.69, 9.17) is 0 Å². The van der Waals surface area contributed by atoms with Gasteiger partial charge in [-0.3, -0.25) is 9.78 Å². The van der Waals surface area contributed by atoms with Crippen LogP contribution < -0.4 is 10.6 Å². The Labute approximate surface area is 103 Å². The fraction of sp³-hybridized carbons (Fsp3) is 0.455. The molecule has 1 rings (SSSR count). The molecule has 0 aliphatic heterocycles. The highest BCUT2D eigenvalue weighted by molar-refractivity contribution is 5.77. The van der Waals surface area contributed by atoms with E-state index in [1.807, 2.05) is 18.3 Å². The number of carbonyl (C=O) groups excluding carboxylic acids is 1. The molecule has 100 valence electrons. The molecule has 1 heterocycles. The van der Waals surface area contributed by atoms with Gasteiger partial charge in [-0.1, -0.05) is 6.07 Å². The zero-order chi connectivity index (χ0) is 13.6. The predicted molar refractivity (Wildman–Crippen MR) is 59.7 cm³/mol. The molecule has 1 aromatic heterocycles. The van der Waals surface area contributed by atoms with E-state index >= 15 is 0 Å². The summed E-state index contributed by atoms with van der Waals surface area (Å²) in [6.45, 7) is 0.504. The summed E-state index contributed by atoms with van der Waals surface area (Å²) in [4.78, 5) is 15.3. The van der Waals surface area contributed by atoms with Crippen molar-refractivity contribution in [2.75, 3.05) is 13.1 Å². The van der Waals surface area contributed by atoms with Gasteiger partial charge in [0.1, 0.15) is 0 Å². The van der Waals surface area contributed by atoms with Crippen LogP contribution >= 0.6 is 0 Å². The molecule has 7 heteroatoms. The van der Waals surface area contributed by atoms with Gasteiger partial charge >= 0.3 is 6.18 Å². The Hall–Kier alpha value is -1.63. The number of aromatic nitrogens is 1. The zero-order valence-electron chi connectivity index (χ0n) is 9.84. The number of halogens is 3. The van der Waals surface area contributed by atoms with Crippen LogP contribution in [0, 0.1) is 6.92 Å². The minimum atomic E-state index is -4.31. The van der Waals surface area contributed by atoms with Gasteiger partial charge in [-0.15, -0.1) is 0 Å². The zero-order valence-corrected chi connectivity index (χ0v) is 9.84. The van der Waals surface area contributed by atoms with Crippen molar-refractivity contribution in [1.82, 2.24) is 15.6 Å². The van der Waals surface area contributed by atoms with Gasteiger partial charge in [0, 0.05) is 6.20 Å². The van der Waals surface area contributed by atoms with Crippen molar-refractivity contribution < 1.29 is 18.0 Å². The first-order valence-electron chi connectivity index (χ1n) is 5.33. The lowest BCUT2D eigenvalue weighted by molar-refractivity contribution is -0.128. The Balaban J connectivity index is 2.28. The molecule has 0 fully saturated rings. The molecule has 0 radical (unpaired) electrons. The molecule has 0 aliphatic rings. The highest BCUT2D eigenvalue weighted by atomic mass is 19.4. The Morgan fingerprint density at radius 1 is 1.44 bits per heavy atom. The Morgan fingerprint density at radius 2 is 2.17 bits per heavy atom. The van der Waals surface area contributed by atoms with Gasteiger partial charge in [-0.25, -0.2) is 0 Å². The third-order valence-electron chi connectivity index (χ3n) is 2.18. The summed E-state index contributed by atoms with van der Waals surface area (Å²) in [6, 6.07) is 3.61. The van der Waals surface area contributed by atoms with Crippen LogP contribution in [0.5, 0.6) is 0 Å². The van der Waals surface area contributed by atoms with Crippen LogP contribution in [0.1, 0.15) is 11.3 Å². The summed E-state index contributed by atoms with van der Waals surface area (Å²) in [6.07, 6.45) is -2.71. The average molecular weight is 261 g/mol. The van der Waals surface area contributed by atoms with Crippen LogP contribution in [0.2, 0.25) is 0 Å². The highest BCUT2D eigenvalue weighted by Gasteiger charge is 2.26. The maximum absolute atomic E-state index is 11.8. The van der Waals surface area contributed by atoms with E-state index in [1.165, 1.54) is 0 Å². The number of nitrogens with zero attached hydrogens (tertiary/aromatic N) is 1. The van der Waals surface area contributed by atoms with E-state index in [9.17, 15) is 18.0 Å². The molecule has 0 aromatic carbocycles. The van der Waals surface area contributed by atoms with E-state index in [2.05, 4.69) is 10.3 Å². The lowest BCUT2D eigenvalue weighted by Crippen LogP contribution is -2.38.